The van der Waals surface area contributed by atoms with Crippen LogP contribution in [0.4, 0.5) is 0 Å². The third-order valence-electron chi connectivity index (χ3n) is 2.29. The van der Waals surface area contributed by atoms with E-state index in [0.29, 0.717) is 12.8 Å². The molecule has 0 aliphatic carbocycles. The lowest BCUT2D eigenvalue weighted by Gasteiger charge is -2.10. The number of unbranched alkanes of at least 4 members (excludes halogenated alkanes) is 5. The molecule has 1 atom stereocenters. The van der Waals surface area contributed by atoms with Gasteiger partial charge in [0.15, 0.2) is 0 Å². The van der Waals surface area contributed by atoms with Gasteiger partial charge in [0.1, 0.15) is 0 Å². The van der Waals surface area contributed by atoms with Crippen molar-refractivity contribution in [1.82, 2.24) is 0 Å². The van der Waals surface area contributed by atoms with E-state index in [1.807, 2.05) is 6.92 Å². The van der Waals surface area contributed by atoms with Crippen molar-refractivity contribution in [2.75, 3.05) is 12.8 Å². The summed E-state index contributed by atoms with van der Waals surface area (Å²) in [5, 5.41) is 0. The Balaban J connectivity index is 3.36. The summed E-state index contributed by atoms with van der Waals surface area (Å²) in [6.07, 6.45) is 7.87. The average molecular weight is 236 g/mol. The predicted molar refractivity (Wildman–Crippen MR) is 64.3 cm³/mol. The van der Waals surface area contributed by atoms with Gasteiger partial charge in [-0.3, -0.25) is 4.57 Å². The molecule has 0 spiro atoms. The molecule has 0 saturated carbocycles. The molecule has 0 heterocycles. The topological polar surface area (TPSA) is 46.5 Å². The molecule has 3 nitrogen and oxygen atoms in total. The molecule has 0 aliphatic rings. The maximum atomic E-state index is 11.4. The van der Waals surface area contributed by atoms with Crippen molar-refractivity contribution in [2.45, 2.75) is 58.8 Å². The van der Waals surface area contributed by atoms with E-state index in [9.17, 15) is 9.46 Å². The highest BCUT2D eigenvalue weighted by molar-refractivity contribution is 7.52. The first-order valence-electron chi connectivity index (χ1n) is 6.08. The van der Waals surface area contributed by atoms with E-state index in [-0.39, 0.29) is 0 Å². The summed E-state index contributed by atoms with van der Waals surface area (Å²) in [4.78, 5) is 9.38. The first-order valence-corrected chi connectivity index (χ1v) is 7.85. The fourth-order valence-corrected chi connectivity index (χ4v) is 2.61. The third kappa shape index (κ3) is 10.4. The summed E-state index contributed by atoms with van der Waals surface area (Å²) in [6, 6.07) is 0. The van der Waals surface area contributed by atoms with Crippen molar-refractivity contribution in [2.24, 2.45) is 0 Å². The van der Waals surface area contributed by atoms with E-state index in [1.165, 1.54) is 25.7 Å². The normalized spacial score (nSPS) is 15.1. The van der Waals surface area contributed by atoms with Crippen molar-refractivity contribution < 1.29 is 14.0 Å². The summed E-state index contributed by atoms with van der Waals surface area (Å²) in [7, 11) is -3.26. The Kier molecular flexibility index (Phi) is 9.48. The van der Waals surface area contributed by atoms with Crippen LogP contribution in [0.15, 0.2) is 0 Å². The Morgan fingerprint density at radius 1 is 1.00 bits per heavy atom. The van der Waals surface area contributed by atoms with Gasteiger partial charge in [0.05, 0.1) is 6.61 Å². The van der Waals surface area contributed by atoms with E-state index in [1.54, 1.807) is 0 Å². The number of hydrogen-bond donors (Lipinski definition) is 1. The molecule has 0 aromatic carbocycles. The van der Waals surface area contributed by atoms with Crippen LogP contribution in [0.3, 0.4) is 0 Å². The highest BCUT2D eigenvalue weighted by atomic mass is 31.2. The molecule has 0 rings (SSSR count). The smallest absolute Gasteiger partial charge is 0.324 e. The second kappa shape index (κ2) is 9.38. The van der Waals surface area contributed by atoms with Gasteiger partial charge in [-0.2, -0.15) is 0 Å². The molecule has 92 valence electrons. The summed E-state index contributed by atoms with van der Waals surface area (Å²) in [5.41, 5.74) is 0. The molecule has 0 aliphatic heterocycles. The lowest BCUT2D eigenvalue weighted by Crippen LogP contribution is -1.96. The molecule has 15 heavy (non-hydrogen) atoms. The van der Waals surface area contributed by atoms with Crippen molar-refractivity contribution >= 4 is 7.60 Å². The second-order valence-corrected chi connectivity index (χ2v) is 5.94. The Morgan fingerprint density at radius 2 is 1.60 bits per heavy atom. The minimum atomic E-state index is -3.26. The van der Waals surface area contributed by atoms with Gasteiger partial charge in [-0.25, -0.2) is 0 Å². The third-order valence-corrected chi connectivity index (χ3v) is 3.76. The molecule has 0 radical (unpaired) electrons. The van der Waals surface area contributed by atoms with E-state index in [4.69, 9.17) is 4.52 Å². The average Bonchev–Trinajstić information content (AvgIpc) is 2.20. The Labute approximate surface area is 93.8 Å². The number of rotatable bonds is 10. The summed E-state index contributed by atoms with van der Waals surface area (Å²) < 4.78 is 16.3. The van der Waals surface area contributed by atoms with Crippen LogP contribution in [0, 0.1) is 0 Å². The van der Waals surface area contributed by atoms with Crippen LogP contribution >= 0.6 is 7.60 Å². The minimum Gasteiger partial charge on any atom is -0.324 e. The van der Waals surface area contributed by atoms with Gasteiger partial charge in [-0.15, -0.1) is 0 Å². The van der Waals surface area contributed by atoms with Crippen molar-refractivity contribution in [3.63, 3.8) is 0 Å². The van der Waals surface area contributed by atoms with Crippen LogP contribution < -0.4 is 0 Å². The maximum absolute atomic E-state index is 11.4. The van der Waals surface area contributed by atoms with E-state index in [0.717, 1.165) is 19.3 Å². The summed E-state index contributed by atoms with van der Waals surface area (Å²) in [6.45, 7) is 4.51. The van der Waals surface area contributed by atoms with Crippen LogP contribution in [0.2, 0.25) is 0 Å². The zero-order valence-corrected chi connectivity index (χ0v) is 11.0. The monoisotopic (exact) mass is 236 g/mol. The highest BCUT2D eigenvalue weighted by Crippen LogP contribution is 2.42. The van der Waals surface area contributed by atoms with Crippen LogP contribution in [0.1, 0.15) is 58.8 Å². The van der Waals surface area contributed by atoms with Gasteiger partial charge in [-0.05, 0) is 12.8 Å². The molecule has 0 amide bonds. The van der Waals surface area contributed by atoms with Crippen molar-refractivity contribution in [3.05, 3.63) is 0 Å². The van der Waals surface area contributed by atoms with Gasteiger partial charge < -0.3 is 9.42 Å². The highest BCUT2D eigenvalue weighted by Gasteiger charge is 2.17. The van der Waals surface area contributed by atoms with Crippen molar-refractivity contribution in [1.29, 1.82) is 0 Å². The SMILES string of the molecule is CCCCCCCCP(=O)(O)OCCC. The van der Waals surface area contributed by atoms with Crippen LogP contribution in [-0.4, -0.2) is 17.7 Å². The molecule has 0 aromatic rings. The Morgan fingerprint density at radius 3 is 2.20 bits per heavy atom. The van der Waals surface area contributed by atoms with Gasteiger partial charge >= 0.3 is 7.60 Å². The lowest BCUT2D eigenvalue weighted by atomic mass is 10.1. The molecule has 1 N–H and O–H groups in total. The van der Waals surface area contributed by atoms with E-state index in [2.05, 4.69) is 6.92 Å². The maximum Gasteiger partial charge on any atom is 0.328 e. The van der Waals surface area contributed by atoms with Crippen molar-refractivity contribution in [3.8, 4) is 0 Å². The molecule has 1 unspecified atom stereocenters. The minimum absolute atomic E-state index is 0.319. The van der Waals surface area contributed by atoms with Crippen LogP contribution in [0.25, 0.3) is 0 Å². The first kappa shape index (κ1) is 15.2. The zero-order valence-electron chi connectivity index (χ0n) is 10.1. The molecular formula is C11H25O3P. The first-order chi connectivity index (χ1) is 7.12. The molecule has 0 fully saturated rings. The summed E-state index contributed by atoms with van der Waals surface area (Å²) in [5.74, 6) is 0. The summed E-state index contributed by atoms with van der Waals surface area (Å²) >= 11 is 0. The van der Waals surface area contributed by atoms with Crippen LogP contribution in [0.5, 0.6) is 0 Å². The number of hydrogen-bond acceptors (Lipinski definition) is 2. The quantitative estimate of drug-likeness (QED) is 0.461. The largest absolute Gasteiger partial charge is 0.328 e. The molecule has 0 saturated heterocycles. The fourth-order valence-electron chi connectivity index (χ4n) is 1.39. The van der Waals surface area contributed by atoms with E-state index < -0.39 is 7.60 Å². The molecule has 0 bridgehead atoms. The van der Waals surface area contributed by atoms with Gasteiger partial charge in [0, 0.05) is 6.16 Å². The molecular weight excluding hydrogens is 211 g/mol. The lowest BCUT2D eigenvalue weighted by molar-refractivity contribution is 0.259. The predicted octanol–water partition coefficient (Wildman–Crippen LogP) is 3.96. The second-order valence-electron chi connectivity index (χ2n) is 3.96. The molecule has 4 heteroatoms. The van der Waals surface area contributed by atoms with E-state index >= 15 is 0 Å². The Hall–Kier alpha value is 0.150. The Bertz CT molecular complexity index is 183. The molecule has 0 aromatic heterocycles. The standard InChI is InChI=1S/C11H25O3P/c1-3-5-6-7-8-9-11-15(12,13)14-10-4-2/h3-11H2,1-2H3,(H,12,13). The fraction of sp³-hybridized carbons (Fsp3) is 1.00. The van der Waals surface area contributed by atoms with Gasteiger partial charge in [0.2, 0.25) is 0 Å². The van der Waals surface area contributed by atoms with Crippen LogP contribution in [-0.2, 0) is 9.09 Å². The van der Waals surface area contributed by atoms with Gasteiger partial charge in [-0.1, -0.05) is 46.0 Å². The zero-order chi connectivity index (χ0) is 11.6. The van der Waals surface area contributed by atoms with Gasteiger partial charge in [0.25, 0.3) is 0 Å².